The van der Waals surface area contributed by atoms with Crippen LogP contribution >= 0.6 is 0 Å². The van der Waals surface area contributed by atoms with Crippen LogP contribution in [0.15, 0.2) is 24.3 Å². The zero-order chi connectivity index (χ0) is 15.2. The van der Waals surface area contributed by atoms with Gasteiger partial charge in [-0.05, 0) is 31.4 Å². The van der Waals surface area contributed by atoms with E-state index in [-0.39, 0.29) is 17.9 Å². The summed E-state index contributed by atoms with van der Waals surface area (Å²) in [6.45, 7) is 5.46. The van der Waals surface area contributed by atoms with Crippen LogP contribution in [-0.2, 0) is 4.79 Å². The van der Waals surface area contributed by atoms with Crippen LogP contribution in [0.25, 0.3) is 0 Å². The molecular formula is C16H23N3O2. The number of nitrogens with zero attached hydrogens (tertiary/aromatic N) is 1. The number of carbonyl (C=O) groups excluding carboxylic acids is 2. The summed E-state index contributed by atoms with van der Waals surface area (Å²) >= 11 is 0. The number of benzene rings is 1. The van der Waals surface area contributed by atoms with Gasteiger partial charge >= 0.3 is 6.03 Å². The van der Waals surface area contributed by atoms with E-state index in [9.17, 15) is 9.59 Å². The molecule has 0 unspecified atom stereocenters. The smallest absolute Gasteiger partial charge is 0.321 e. The molecule has 1 atom stereocenters. The highest BCUT2D eigenvalue weighted by molar-refractivity contribution is 5.99. The molecule has 5 nitrogen and oxygen atoms in total. The number of carbonyl (C=O) groups is 2. The van der Waals surface area contributed by atoms with E-state index in [2.05, 4.69) is 10.6 Å². The number of hydrogen-bond acceptors (Lipinski definition) is 2. The molecule has 2 rings (SSSR count). The first kappa shape index (κ1) is 15.4. The summed E-state index contributed by atoms with van der Waals surface area (Å²) in [7, 11) is 0. The van der Waals surface area contributed by atoms with Gasteiger partial charge in [0, 0.05) is 19.0 Å². The third-order valence-electron chi connectivity index (χ3n) is 3.88. The van der Waals surface area contributed by atoms with Crippen LogP contribution in [0.2, 0.25) is 0 Å². The van der Waals surface area contributed by atoms with Gasteiger partial charge in [0.15, 0.2) is 0 Å². The Hall–Kier alpha value is -2.04. The highest BCUT2D eigenvalue weighted by Gasteiger charge is 2.19. The highest BCUT2D eigenvalue weighted by atomic mass is 16.2. The fourth-order valence-corrected chi connectivity index (χ4v) is 2.26. The monoisotopic (exact) mass is 289 g/mol. The molecule has 1 saturated heterocycles. The zero-order valence-corrected chi connectivity index (χ0v) is 12.7. The third kappa shape index (κ3) is 3.97. The minimum atomic E-state index is -0.0993. The predicted octanol–water partition coefficient (Wildman–Crippen LogP) is 3.30. The molecule has 1 aliphatic heterocycles. The molecule has 0 aromatic heterocycles. The Morgan fingerprint density at radius 2 is 1.71 bits per heavy atom. The maximum Gasteiger partial charge on any atom is 0.321 e. The van der Waals surface area contributed by atoms with E-state index >= 15 is 0 Å². The van der Waals surface area contributed by atoms with Gasteiger partial charge in [0.2, 0.25) is 5.91 Å². The summed E-state index contributed by atoms with van der Waals surface area (Å²) in [5.74, 6) is -0.0762. The number of amides is 3. The molecule has 114 valence electrons. The first-order chi connectivity index (χ1) is 10.1. The Morgan fingerprint density at radius 1 is 1.14 bits per heavy atom. The average molecular weight is 289 g/mol. The van der Waals surface area contributed by atoms with E-state index in [1.54, 1.807) is 17.0 Å². The molecular weight excluding hydrogens is 266 g/mol. The van der Waals surface area contributed by atoms with Crippen LogP contribution < -0.4 is 10.6 Å². The van der Waals surface area contributed by atoms with Gasteiger partial charge in [0.05, 0.1) is 11.4 Å². The zero-order valence-electron chi connectivity index (χ0n) is 12.7. The van der Waals surface area contributed by atoms with Gasteiger partial charge in [-0.1, -0.05) is 26.0 Å². The molecule has 5 heteroatoms. The summed E-state index contributed by atoms with van der Waals surface area (Å²) in [6.07, 6.45) is 2.90. The minimum Gasteiger partial charge on any atom is -0.325 e. The summed E-state index contributed by atoms with van der Waals surface area (Å²) < 4.78 is 0. The largest absolute Gasteiger partial charge is 0.325 e. The van der Waals surface area contributed by atoms with E-state index in [4.69, 9.17) is 0 Å². The Morgan fingerprint density at radius 3 is 2.29 bits per heavy atom. The summed E-state index contributed by atoms with van der Waals surface area (Å²) in [4.78, 5) is 25.9. The van der Waals surface area contributed by atoms with Crippen LogP contribution in [0.4, 0.5) is 16.2 Å². The minimum absolute atomic E-state index is 0.0274. The van der Waals surface area contributed by atoms with Crippen molar-refractivity contribution in [2.75, 3.05) is 23.7 Å². The molecule has 1 aliphatic rings. The van der Waals surface area contributed by atoms with Crippen molar-refractivity contribution in [3.8, 4) is 0 Å². The molecule has 0 radical (unpaired) electrons. The van der Waals surface area contributed by atoms with Gasteiger partial charge in [-0.3, -0.25) is 4.79 Å². The molecule has 1 aromatic carbocycles. The van der Waals surface area contributed by atoms with E-state index in [0.29, 0.717) is 11.4 Å². The molecule has 0 aliphatic carbocycles. The maximum absolute atomic E-state index is 12.1. The molecule has 0 saturated carbocycles. The lowest BCUT2D eigenvalue weighted by molar-refractivity contribution is -0.119. The van der Waals surface area contributed by atoms with E-state index in [1.165, 1.54) is 0 Å². The summed E-state index contributed by atoms with van der Waals surface area (Å²) in [6, 6.07) is 7.20. The van der Waals surface area contributed by atoms with Crippen LogP contribution in [0, 0.1) is 5.92 Å². The number of urea groups is 1. The molecule has 0 spiro atoms. The number of para-hydroxylation sites is 2. The highest BCUT2D eigenvalue weighted by Crippen LogP contribution is 2.23. The van der Waals surface area contributed by atoms with Crippen molar-refractivity contribution in [3.63, 3.8) is 0 Å². The summed E-state index contributed by atoms with van der Waals surface area (Å²) in [5.41, 5.74) is 1.29. The summed E-state index contributed by atoms with van der Waals surface area (Å²) in [5, 5.41) is 5.77. The molecule has 0 bridgehead atoms. The Labute approximate surface area is 125 Å². The van der Waals surface area contributed by atoms with Gasteiger partial charge in [-0.2, -0.15) is 0 Å². The second-order valence-corrected chi connectivity index (χ2v) is 5.47. The van der Waals surface area contributed by atoms with Crippen molar-refractivity contribution in [1.29, 1.82) is 0 Å². The Balaban J connectivity index is 2.05. The van der Waals surface area contributed by atoms with Crippen LogP contribution in [0.1, 0.15) is 33.1 Å². The first-order valence-corrected chi connectivity index (χ1v) is 7.57. The van der Waals surface area contributed by atoms with Gasteiger partial charge in [0.25, 0.3) is 0 Å². The lowest BCUT2D eigenvalue weighted by Crippen LogP contribution is -2.32. The number of nitrogens with one attached hydrogen (secondary N) is 2. The fraction of sp³-hybridized carbons (Fsp3) is 0.500. The lowest BCUT2D eigenvalue weighted by atomic mass is 10.1. The van der Waals surface area contributed by atoms with Crippen molar-refractivity contribution in [2.24, 2.45) is 5.92 Å². The quantitative estimate of drug-likeness (QED) is 0.893. The number of rotatable bonds is 4. The van der Waals surface area contributed by atoms with Crippen molar-refractivity contribution in [3.05, 3.63) is 24.3 Å². The van der Waals surface area contributed by atoms with Gasteiger partial charge in [-0.25, -0.2) is 4.79 Å². The van der Waals surface area contributed by atoms with Crippen LogP contribution in [0.5, 0.6) is 0 Å². The van der Waals surface area contributed by atoms with E-state index in [1.807, 2.05) is 26.0 Å². The van der Waals surface area contributed by atoms with Gasteiger partial charge < -0.3 is 15.5 Å². The maximum atomic E-state index is 12.1. The second-order valence-electron chi connectivity index (χ2n) is 5.47. The molecule has 1 fully saturated rings. The predicted molar refractivity (Wildman–Crippen MR) is 84.4 cm³/mol. The van der Waals surface area contributed by atoms with Crippen molar-refractivity contribution in [2.45, 2.75) is 33.1 Å². The Bertz CT molecular complexity index is 510. The first-order valence-electron chi connectivity index (χ1n) is 7.57. The van der Waals surface area contributed by atoms with Gasteiger partial charge in [-0.15, -0.1) is 0 Å². The normalized spacial score (nSPS) is 15.6. The lowest BCUT2D eigenvalue weighted by Gasteiger charge is -2.19. The second kappa shape index (κ2) is 7.11. The Kier molecular flexibility index (Phi) is 5.20. The van der Waals surface area contributed by atoms with Crippen molar-refractivity contribution < 1.29 is 9.59 Å². The van der Waals surface area contributed by atoms with Crippen molar-refractivity contribution >= 4 is 23.3 Å². The number of likely N-dealkylation sites (tertiary alicyclic amines) is 1. The third-order valence-corrected chi connectivity index (χ3v) is 3.88. The van der Waals surface area contributed by atoms with Crippen LogP contribution in [0.3, 0.4) is 0 Å². The number of hydrogen-bond donors (Lipinski definition) is 2. The fourth-order valence-electron chi connectivity index (χ4n) is 2.26. The standard InChI is InChI=1S/C16H23N3O2/c1-3-12(2)15(20)17-13-8-4-5-9-14(13)18-16(21)19-10-6-7-11-19/h4-5,8-9,12H,3,6-7,10-11H2,1-2H3,(H,17,20)(H,18,21)/t12-/m0/s1. The van der Waals surface area contributed by atoms with E-state index in [0.717, 1.165) is 32.4 Å². The van der Waals surface area contributed by atoms with Crippen LogP contribution in [-0.4, -0.2) is 29.9 Å². The molecule has 1 aromatic rings. The molecule has 1 heterocycles. The molecule has 21 heavy (non-hydrogen) atoms. The number of anilines is 2. The van der Waals surface area contributed by atoms with Crippen molar-refractivity contribution in [1.82, 2.24) is 4.90 Å². The molecule has 2 N–H and O–H groups in total. The average Bonchev–Trinajstić information content (AvgIpc) is 3.02. The SMILES string of the molecule is CC[C@H](C)C(=O)Nc1ccccc1NC(=O)N1CCCC1. The van der Waals surface area contributed by atoms with Gasteiger partial charge in [0.1, 0.15) is 0 Å². The molecule has 3 amide bonds. The van der Waals surface area contributed by atoms with E-state index < -0.39 is 0 Å². The topological polar surface area (TPSA) is 61.4 Å².